The molecule has 1 rings (SSSR count). The van der Waals surface area contributed by atoms with Crippen molar-refractivity contribution in [2.45, 2.75) is 32.6 Å². The van der Waals surface area contributed by atoms with E-state index in [9.17, 15) is 4.79 Å². The smallest absolute Gasteiger partial charge is 0.274 e. The zero-order valence-electron chi connectivity index (χ0n) is 10.1. The van der Waals surface area contributed by atoms with Gasteiger partial charge in [0.1, 0.15) is 0 Å². The van der Waals surface area contributed by atoms with Gasteiger partial charge in [-0.2, -0.15) is 0 Å². The van der Waals surface area contributed by atoms with E-state index in [0.29, 0.717) is 5.56 Å². The lowest BCUT2D eigenvalue weighted by molar-refractivity contribution is 0.0706. The number of allylic oxidation sites excluding steroid dienone is 1. The Hall–Kier alpha value is -1.61. The molecule has 2 N–H and O–H groups in total. The lowest BCUT2D eigenvalue weighted by Crippen LogP contribution is -2.18. The van der Waals surface area contributed by atoms with Gasteiger partial charge in [-0.15, -0.1) is 0 Å². The van der Waals surface area contributed by atoms with E-state index in [4.69, 9.17) is 5.21 Å². The summed E-state index contributed by atoms with van der Waals surface area (Å²) >= 11 is 0. The minimum atomic E-state index is -0.480. The van der Waals surface area contributed by atoms with Gasteiger partial charge in [0.15, 0.2) is 0 Å². The second-order valence-corrected chi connectivity index (χ2v) is 3.96. The number of carbonyl (C=O) groups is 1. The number of hydroxylamine groups is 1. The van der Waals surface area contributed by atoms with Gasteiger partial charge >= 0.3 is 0 Å². The molecule has 3 nitrogen and oxygen atoms in total. The highest BCUT2D eigenvalue weighted by molar-refractivity contribution is 5.93. The number of amides is 1. The molecule has 0 aromatic heterocycles. The Balaban J connectivity index is 2.56. The first-order valence-electron chi connectivity index (χ1n) is 5.99. The largest absolute Gasteiger partial charge is 0.288 e. The van der Waals surface area contributed by atoms with Gasteiger partial charge in [0.2, 0.25) is 0 Å². The minimum Gasteiger partial charge on any atom is -0.288 e. The molecule has 1 aromatic rings. The number of hydrogen-bond donors (Lipinski definition) is 2. The van der Waals surface area contributed by atoms with Crippen LogP contribution in [0.2, 0.25) is 0 Å². The molecule has 0 unspecified atom stereocenters. The van der Waals surface area contributed by atoms with Gasteiger partial charge in [0, 0.05) is 5.56 Å². The van der Waals surface area contributed by atoms with E-state index in [2.05, 4.69) is 13.0 Å². The second-order valence-electron chi connectivity index (χ2n) is 3.96. The molecule has 0 saturated carbocycles. The highest BCUT2D eigenvalue weighted by atomic mass is 16.5. The van der Waals surface area contributed by atoms with Gasteiger partial charge in [-0.1, -0.05) is 44.1 Å². The number of benzene rings is 1. The van der Waals surface area contributed by atoms with Crippen LogP contribution in [0, 0.1) is 0 Å². The fourth-order valence-corrected chi connectivity index (χ4v) is 1.58. The molecular weight excluding hydrogens is 214 g/mol. The predicted octanol–water partition coefficient (Wildman–Crippen LogP) is 3.40. The number of carbonyl (C=O) groups excluding carboxylic acids is 1. The molecule has 0 spiro atoms. The van der Waals surface area contributed by atoms with Gasteiger partial charge in [0.05, 0.1) is 0 Å². The molecule has 0 aliphatic carbocycles. The molecule has 3 heteroatoms. The summed E-state index contributed by atoms with van der Waals surface area (Å²) < 4.78 is 0. The second kappa shape index (κ2) is 7.63. The third-order valence-electron chi connectivity index (χ3n) is 2.54. The van der Waals surface area contributed by atoms with Crippen molar-refractivity contribution in [3.63, 3.8) is 0 Å². The molecule has 0 aliphatic rings. The molecule has 0 bridgehead atoms. The Morgan fingerprint density at radius 1 is 1.41 bits per heavy atom. The highest BCUT2D eigenvalue weighted by Crippen LogP contribution is 2.09. The maximum absolute atomic E-state index is 11.2. The first-order valence-corrected chi connectivity index (χ1v) is 5.99. The minimum absolute atomic E-state index is 0.461. The third kappa shape index (κ3) is 4.83. The van der Waals surface area contributed by atoms with E-state index in [-0.39, 0.29) is 0 Å². The molecule has 92 valence electrons. The normalized spacial score (nSPS) is 10.7. The van der Waals surface area contributed by atoms with Crippen LogP contribution in [0.3, 0.4) is 0 Å². The Morgan fingerprint density at radius 2 is 2.24 bits per heavy atom. The molecule has 0 saturated heterocycles. The molecular formula is C14H19NO2. The summed E-state index contributed by atoms with van der Waals surface area (Å²) in [5, 5.41) is 8.53. The van der Waals surface area contributed by atoms with E-state index in [1.165, 1.54) is 19.3 Å². The van der Waals surface area contributed by atoms with Crippen LogP contribution in [0.4, 0.5) is 0 Å². The maximum Gasteiger partial charge on any atom is 0.274 e. The van der Waals surface area contributed by atoms with E-state index in [0.717, 1.165) is 12.0 Å². The number of nitrogens with one attached hydrogen (secondary N) is 1. The van der Waals surface area contributed by atoms with Crippen molar-refractivity contribution in [1.29, 1.82) is 0 Å². The van der Waals surface area contributed by atoms with Crippen LogP contribution in [0.15, 0.2) is 30.3 Å². The van der Waals surface area contributed by atoms with Crippen molar-refractivity contribution < 1.29 is 10.0 Å². The van der Waals surface area contributed by atoms with Crippen LogP contribution < -0.4 is 5.48 Å². The molecule has 0 heterocycles. The van der Waals surface area contributed by atoms with Crippen LogP contribution in [0.25, 0.3) is 6.08 Å². The Labute approximate surface area is 102 Å². The summed E-state index contributed by atoms with van der Waals surface area (Å²) in [7, 11) is 0. The van der Waals surface area contributed by atoms with Crippen molar-refractivity contribution >= 4 is 12.0 Å². The van der Waals surface area contributed by atoms with Crippen molar-refractivity contribution in [3.05, 3.63) is 41.5 Å². The molecule has 1 aromatic carbocycles. The van der Waals surface area contributed by atoms with E-state index < -0.39 is 5.91 Å². The van der Waals surface area contributed by atoms with Crippen LogP contribution in [0.5, 0.6) is 0 Å². The highest BCUT2D eigenvalue weighted by Gasteiger charge is 2.02. The summed E-state index contributed by atoms with van der Waals surface area (Å²) in [6.07, 6.45) is 8.85. The van der Waals surface area contributed by atoms with Gasteiger partial charge in [-0.25, -0.2) is 5.48 Å². The first-order chi connectivity index (χ1) is 8.27. The Kier molecular flexibility index (Phi) is 6.04. The third-order valence-corrected chi connectivity index (χ3v) is 2.54. The molecule has 0 aliphatic heterocycles. The molecule has 1 amide bonds. The Morgan fingerprint density at radius 3 is 2.94 bits per heavy atom. The zero-order chi connectivity index (χ0) is 12.5. The summed E-state index contributed by atoms with van der Waals surface area (Å²) in [4.78, 5) is 11.2. The monoisotopic (exact) mass is 233 g/mol. The average Bonchev–Trinajstić information content (AvgIpc) is 2.38. The average molecular weight is 233 g/mol. The van der Waals surface area contributed by atoms with E-state index in [1.807, 2.05) is 12.1 Å². The lowest BCUT2D eigenvalue weighted by atomic mass is 10.1. The SMILES string of the molecule is CCCCCC=Cc1cccc(C(=O)NO)c1. The van der Waals surface area contributed by atoms with Crippen molar-refractivity contribution in [2.24, 2.45) is 0 Å². The maximum atomic E-state index is 11.2. The number of unbranched alkanes of at least 4 members (excludes halogenated alkanes) is 3. The summed E-state index contributed by atoms with van der Waals surface area (Å²) in [5.41, 5.74) is 3.07. The van der Waals surface area contributed by atoms with Crippen molar-refractivity contribution in [2.75, 3.05) is 0 Å². The topological polar surface area (TPSA) is 49.3 Å². The quantitative estimate of drug-likeness (QED) is 0.449. The predicted molar refractivity (Wildman–Crippen MR) is 68.9 cm³/mol. The summed E-state index contributed by atoms with van der Waals surface area (Å²) in [5.74, 6) is -0.480. The summed E-state index contributed by atoms with van der Waals surface area (Å²) in [6.45, 7) is 2.18. The number of hydrogen-bond acceptors (Lipinski definition) is 2. The summed E-state index contributed by atoms with van der Waals surface area (Å²) in [6, 6.07) is 7.16. The molecule has 0 radical (unpaired) electrons. The number of rotatable bonds is 6. The fourth-order valence-electron chi connectivity index (χ4n) is 1.58. The van der Waals surface area contributed by atoms with Gasteiger partial charge in [-0.05, 0) is 30.5 Å². The molecule has 0 fully saturated rings. The van der Waals surface area contributed by atoms with Crippen molar-refractivity contribution in [1.82, 2.24) is 5.48 Å². The zero-order valence-corrected chi connectivity index (χ0v) is 10.1. The first kappa shape index (κ1) is 13.5. The van der Waals surface area contributed by atoms with Crippen LogP contribution in [-0.2, 0) is 0 Å². The fraction of sp³-hybridized carbons (Fsp3) is 0.357. The van der Waals surface area contributed by atoms with Crippen LogP contribution in [-0.4, -0.2) is 11.1 Å². The van der Waals surface area contributed by atoms with Gasteiger partial charge in [0.25, 0.3) is 5.91 Å². The van der Waals surface area contributed by atoms with E-state index >= 15 is 0 Å². The van der Waals surface area contributed by atoms with Gasteiger partial charge in [-0.3, -0.25) is 10.0 Å². The van der Waals surface area contributed by atoms with Crippen LogP contribution >= 0.6 is 0 Å². The van der Waals surface area contributed by atoms with E-state index in [1.54, 1.807) is 23.7 Å². The lowest BCUT2D eigenvalue weighted by Gasteiger charge is -2.00. The molecule has 0 atom stereocenters. The molecule has 17 heavy (non-hydrogen) atoms. The standard InChI is InChI=1S/C14H19NO2/c1-2-3-4-5-6-8-12-9-7-10-13(11-12)14(16)15-17/h6-11,17H,2-5H2,1H3,(H,15,16). The van der Waals surface area contributed by atoms with Crippen LogP contribution in [0.1, 0.15) is 48.5 Å². The Bertz CT molecular complexity index is 386. The van der Waals surface area contributed by atoms with Crippen molar-refractivity contribution in [3.8, 4) is 0 Å². The van der Waals surface area contributed by atoms with Gasteiger partial charge < -0.3 is 0 Å².